The molecular formula is C19H20N2O3. The molecule has 5 nitrogen and oxygen atoms in total. The molecule has 0 saturated carbocycles. The third-order valence-corrected chi connectivity index (χ3v) is 4.14. The van der Waals surface area contributed by atoms with Gasteiger partial charge in [0.25, 0.3) is 0 Å². The van der Waals surface area contributed by atoms with Crippen LogP contribution in [0.1, 0.15) is 22.3 Å². The summed E-state index contributed by atoms with van der Waals surface area (Å²) in [6, 6.07) is 15.0. The number of aryl methyl sites for hydroxylation is 1. The predicted octanol–water partition coefficient (Wildman–Crippen LogP) is 2.86. The molecule has 0 bridgehead atoms. The van der Waals surface area contributed by atoms with E-state index in [-0.39, 0.29) is 12.5 Å². The number of ether oxygens (including phenoxy) is 1. The zero-order valence-electron chi connectivity index (χ0n) is 13.6. The number of rotatable bonds is 4. The number of carbonyl (C=O) groups is 2. The molecule has 0 aliphatic carbocycles. The van der Waals surface area contributed by atoms with E-state index in [9.17, 15) is 9.59 Å². The predicted molar refractivity (Wildman–Crippen MR) is 93.4 cm³/mol. The lowest BCUT2D eigenvalue weighted by atomic mass is 10.0. The number of amides is 1. The summed E-state index contributed by atoms with van der Waals surface area (Å²) in [5, 5.41) is 3.09. The smallest absolute Gasteiger partial charge is 0.337 e. The van der Waals surface area contributed by atoms with Crippen LogP contribution >= 0.6 is 0 Å². The fourth-order valence-electron chi connectivity index (χ4n) is 2.94. The van der Waals surface area contributed by atoms with Crippen LogP contribution in [-0.4, -0.2) is 32.1 Å². The topological polar surface area (TPSA) is 58.6 Å². The van der Waals surface area contributed by atoms with Gasteiger partial charge in [-0.05, 0) is 42.7 Å². The number of fused-ring (bicyclic) bond motifs is 1. The summed E-state index contributed by atoms with van der Waals surface area (Å²) in [5.41, 5.74) is 3.39. The van der Waals surface area contributed by atoms with Crippen molar-refractivity contribution in [2.75, 3.05) is 30.4 Å². The van der Waals surface area contributed by atoms with Gasteiger partial charge in [-0.1, -0.05) is 24.3 Å². The molecule has 0 saturated heterocycles. The maximum atomic E-state index is 12.6. The van der Waals surface area contributed by atoms with Crippen molar-refractivity contribution >= 4 is 23.3 Å². The Morgan fingerprint density at radius 3 is 2.83 bits per heavy atom. The van der Waals surface area contributed by atoms with Gasteiger partial charge in [-0.3, -0.25) is 4.79 Å². The Morgan fingerprint density at radius 1 is 1.17 bits per heavy atom. The highest BCUT2D eigenvalue weighted by atomic mass is 16.5. The number of hydrogen-bond acceptors (Lipinski definition) is 4. The second kappa shape index (κ2) is 7.17. The molecule has 1 amide bonds. The molecule has 1 N–H and O–H groups in total. The first-order chi connectivity index (χ1) is 11.7. The number of carbonyl (C=O) groups excluding carboxylic acids is 2. The average Bonchev–Trinajstić information content (AvgIpc) is 2.65. The molecule has 0 aromatic heterocycles. The number of hydrogen-bond donors (Lipinski definition) is 1. The van der Waals surface area contributed by atoms with Crippen molar-refractivity contribution in [3.63, 3.8) is 0 Å². The van der Waals surface area contributed by atoms with E-state index in [2.05, 4.69) is 11.4 Å². The van der Waals surface area contributed by atoms with Crippen LogP contribution in [0.5, 0.6) is 0 Å². The Kier molecular flexibility index (Phi) is 4.79. The molecule has 3 rings (SSSR count). The lowest BCUT2D eigenvalue weighted by molar-refractivity contribution is -0.117. The first kappa shape index (κ1) is 16.1. The minimum Gasteiger partial charge on any atom is -0.465 e. The fraction of sp³-hybridized carbons (Fsp3) is 0.263. The number of para-hydroxylation sites is 1. The highest BCUT2D eigenvalue weighted by molar-refractivity contribution is 5.97. The lowest BCUT2D eigenvalue weighted by Gasteiger charge is -2.29. The Hall–Kier alpha value is -2.82. The molecule has 1 aliphatic heterocycles. The Morgan fingerprint density at radius 2 is 2.00 bits per heavy atom. The first-order valence-corrected chi connectivity index (χ1v) is 7.99. The maximum Gasteiger partial charge on any atom is 0.337 e. The van der Waals surface area contributed by atoms with Gasteiger partial charge in [0.2, 0.25) is 5.91 Å². The van der Waals surface area contributed by atoms with Crippen LogP contribution in [0.25, 0.3) is 0 Å². The van der Waals surface area contributed by atoms with Crippen molar-refractivity contribution in [1.29, 1.82) is 0 Å². The molecule has 0 unspecified atom stereocenters. The fourth-order valence-corrected chi connectivity index (χ4v) is 2.94. The van der Waals surface area contributed by atoms with Crippen molar-refractivity contribution in [1.82, 2.24) is 0 Å². The van der Waals surface area contributed by atoms with Gasteiger partial charge in [-0.2, -0.15) is 0 Å². The number of methoxy groups -OCH3 is 1. The van der Waals surface area contributed by atoms with E-state index < -0.39 is 5.97 Å². The molecule has 24 heavy (non-hydrogen) atoms. The molecule has 0 spiro atoms. The molecule has 124 valence electrons. The molecule has 5 heteroatoms. The van der Waals surface area contributed by atoms with Crippen molar-refractivity contribution < 1.29 is 14.3 Å². The third-order valence-electron chi connectivity index (χ3n) is 4.14. The van der Waals surface area contributed by atoms with Crippen molar-refractivity contribution in [2.45, 2.75) is 12.8 Å². The van der Waals surface area contributed by atoms with Crippen molar-refractivity contribution in [2.24, 2.45) is 0 Å². The Bertz CT molecular complexity index is 758. The van der Waals surface area contributed by atoms with Gasteiger partial charge >= 0.3 is 5.97 Å². The van der Waals surface area contributed by atoms with Crippen molar-refractivity contribution in [3.05, 3.63) is 59.7 Å². The summed E-state index contributed by atoms with van der Waals surface area (Å²) in [7, 11) is 1.35. The molecule has 1 aliphatic rings. The maximum absolute atomic E-state index is 12.6. The molecule has 0 fully saturated rings. The van der Waals surface area contributed by atoms with Gasteiger partial charge in [-0.15, -0.1) is 0 Å². The molecule has 2 aromatic rings. The zero-order valence-corrected chi connectivity index (χ0v) is 13.6. The zero-order chi connectivity index (χ0) is 16.9. The van der Waals surface area contributed by atoms with Crippen LogP contribution in [-0.2, 0) is 16.0 Å². The van der Waals surface area contributed by atoms with Crippen LogP contribution in [0.15, 0.2) is 48.5 Å². The largest absolute Gasteiger partial charge is 0.465 e. The van der Waals surface area contributed by atoms with Gasteiger partial charge in [-0.25, -0.2) is 4.79 Å². The van der Waals surface area contributed by atoms with Gasteiger partial charge in [0.1, 0.15) is 0 Å². The van der Waals surface area contributed by atoms with E-state index in [1.165, 1.54) is 12.7 Å². The molecule has 0 atom stereocenters. The monoisotopic (exact) mass is 324 g/mol. The lowest BCUT2D eigenvalue weighted by Crippen LogP contribution is -2.39. The number of benzene rings is 2. The van der Waals surface area contributed by atoms with E-state index in [0.717, 1.165) is 30.8 Å². The van der Waals surface area contributed by atoms with Crippen LogP contribution in [0, 0.1) is 0 Å². The molecule has 2 aromatic carbocycles. The van der Waals surface area contributed by atoms with E-state index in [0.29, 0.717) is 5.56 Å². The van der Waals surface area contributed by atoms with E-state index in [4.69, 9.17) is 4.74 Å². The van der Waals surface area contributed by atoms with Crippen LogP contribution in [0.3, 0.4) is 0 Å². The number of anilines is 2. The standard InChI is InChI=1S/C19H20N2O3/c1-24-19(23)15-7-4-9-16(12-15)20-13-18(22)21-11-5-8-14-6-2-3-10-17(14)21/h2-4,6-7,9-10,12,20H,5,8,11,13H2,1H3. The minimum absolute atomic E-state index is 0.0191. The average molecular weight is 324 g/mol. The Balaban J connectivity index is 1.68. The Labute approximate surface area is 141 Å². The number of nitrogens with zero attached hydrogens (tertiary/aromatic N) is 1. The summed E-state index contributed by atoms with van der Waals surface area (Å²) < 4.78 is 4.71. The van der Waals surface area contributed by atoms with Crippen LogP contribution in [0.4, 0.5) is 11.4 Å². The van der Waals surface area contributed by atoms with Gasteiger partial charge in [0.15, 0.2) is 0 Å². The molecule has 1 heterocycles. The van der Waals surface area contributed by atoms with Crippen LogP contribution in [0.2, 0.25) is 0 Å². The van der Waals surface area contributed by atoms with E-state index in [1.54, 1.807) is 18.2 Å². The van der Waals surface area contributed by atoms with E-state index in [1.807, 2.05) is 29.2 Å². The van der Waals surface area contributed by atoms with Gasteiger partial charge in [0, 0.05) is 17.9 Å². The number of nitrogens with one attached hydrogen (secondary N) is 1. The summed E-state index contributed by atoms with van der Waals surface area (Å²) in [4.78, 5) is 26.0. The minimum atomic E-state index is -0.394. The molecular weight excluding hydrogens is 304 g/mol. The quantitative estimate of drug-likeness (QED) is 0.879. The van der Waals surface area contributed by atoms with E-state index >= 15 is 0 Å². The summed E-state index contributed by atoms with van der Waals surface area (Å²) >= 11 is 0. The molecule has 0 radical (unpaired) electrons. The summed E-state index contributed by atoms with van der Waals surface area (Å²) in [5.74, 6) is -0.374. The van der Waals surface area contributed by atoms with Gasteiger partial charge in [0.05, 0.1) is 19.2 Å². The third kappa shape index (κ3) is 3.40. The van der Waals surface area contributed by atoms with Gasteiger partial charge < -0.3 is 15.0 Å². The SMILES string of the molecule is COC(=O)c1cccc(NCC(=O)N2CCCc3ccccc32)c1. The van der Waals surface area contributed by atoms with Crippen LogP contribution < -0.4 is 10.2 Å². The second-order valence-corrected chi connectivity index (χ2v) is 5.70. The normalized spacial score (nSPS) is 13.1. The van der Waals surface area contributed by atoms with Crippen molar-refractivity contribution in [3.8, 4) is 0 Å². The first-order valence-electron chi connectivity index (χ1n) is 7.99. The number of esters is 1. The highest BCUT2D eigenvalue weighted by Crippen LogP contribution is 2.26. The summed E-state index contributed by atoms with van der Waals surface area (Å²) in [6.07, 6.45) is 1.98. The highest BCUT2D eigenvalue weighted by Gasteiger charge is 2.21. The summed E-state index contributed by atoms with van der Waals surface area (Å²) in [6.45, 7) is 0.915. The second-order valence-electron chi connectivity index (χ2n) is 5.70.